The van der Waals surface area contributed by atoms with E-state index in [-0.39, 0.29) is 29.5 Å². The Hall–Kier alpha value is -1.87. The summed E-state index contributed by atoms with van der Waals surface area (Å²) >= 11 is 0. The third-order valence-electron chi connectivity index (χ3n) is 4.26. The number of hydrogen-bond donors (Lipinski definition) is 2. The fraction of sp³-hybridized carbons (Fsp3) is 0.625. The molecule has 9 heteroatoms. The maximum absolute atomic E-state index is 12.4. The molecule has 2 N–H and O–H groups in total. The number of unbranched alkanes of at least 4 members (excludes halogenated alkanes) is 1. The number of hydrogen-bond acceptors (Lipinski definition) is 5. The van der Waals surface area contributed by atoms with Gasteiger partial charge in [0.05, 0.1) is 12.3 Å². The number of aromatic carboxylic acids is 1. The van der Waals surface area contributed by atoms with Crippen molar-refractivity contribution in [3.05, 3.63) is 23.2 Å². The van der Waals surface area contributed by atoms with Crippen LogP contribution in [0.15, 0.2) is 10.5 Å². The zero-order valence-electron chi connectivity index (χ0n) is 14.4. The molecular formula is C16H24N2O6S. The average Bonchev–Trinajstić information content (AvgIpc) is 3.17. The summed E-state index contributed by atoms with van der Waals surface area (Å²) in [5.41, 5.74) is 0.0499. The standard InChI is InChI=1S/C16H24N2O6S/c1-3-4-8-25(22,23)18-7-5-6-14(18)15(19)17-10-12-9-13(16(20)21)11(2)24-12/h9,14H,3-8,10H2,1-2H3,(H,17,19)(H,20,21). The number of sulfonamides is 1. The summed E-state index contributed by atoms with van der Waals surface area (Å²) in [6, 6.07) is 0.652. The molecule has 1 aromatic rings. The maximum Gasteiger partial charge on any atom is 0.339 e. The van der Waals surface area contributed by atoms with Crippen LogP contribution in [0.4, 0.5) is 0 Å². The molecule has 8 nitrogen and oxygen atoms in total. The molecule has 2 heterocycles. The molecule has 1 aliphatic rings. The van der Waals surface area contributed by atoms with Gasteiger partial charge < -0.3 is 14.8 Å². The number of rotatable bonds is 8. The Morgan fingerprint density at radius 2 is 2.16 bits per heavy atom. The number of carboxylic acids is 1. The van der Waals surface area contributed by atoms with E-state index in [1.54, 1.807) is 0 Å². The lowest BCUT2D eigenvalue weighted by molar-refractivity contribution is -0.124. The maximum atomic E-state index is 12.4. The minimum absolute atomic E-state index is 0.0201. The van der Waals surface area contributed by atoms with Crippen LogP contribution in [-0.4, -0.2) is 48.0 Å². The highest BCUT2D eigenvalue weighted by molar-refractivity contribution is 7.89. The molecule has 0 bridgehead atoms. The zero-order chi connectivity index (χ0) is 18.6. The van der Waals surface area contributed by atoms with E-state index >= 15 is 0 Å². The van der Waals surface area contributed by atoms with E-state index < -0.39 is 22.0 Å². The molecule has 1 aromatic heterocycles. The smallest absolute Gasteiger partial charge is 0.339 e. The minimum atomic E-state index is -3.44. The van der Waals surface area contributed by atoms with Crippen molar-refractivity contribution in [1.82, 2.24) is 9.62 Å². The second kappa shape index (κ2) is 8.01. The van der Waals surface area contributed by atoms with E-state index in [4.69, 9.17) is 9.52 Å². The fourth-order valence-corrected chi connectivity index (χ4v) is 4.80. The Balaban J connectivity index is 2.00. The monoisotopic (exact) mass is 372 g/mol. The summed E-state index contributed by atoms with van der Waals surface area (Å²) < 4.78 is 31.3. The number of furan rings is 1. The molecule has 0 aliphatic carbocycles. The highest BCUT2D eigenvalue weighted by Gasteiger charge is 2.38. The molecule has 1 amide bonds. The molecule has 1 atom stereocenters. The molecule has 1 aliphatic heterocycles. The molecule has 0 saturated carbocycles. The lowest BCUT2D eigenvalue weighted by atomic mass is 10.2. The van der Waals surface area contributed by atoms with Crippen LogP contribution in [-0.2, 0) is 21.4 Å². The minimum Gasteiger partial charge on any atom is -0.478 e. The highest BCUT2D eigenvalue weighted by atomic mass is 32.2. The Morgan fingerprint density at radius 1 is 1.44 bits per heavy atom. The summed E-state index contributed by atoms with van der Waals surface area (Å²) in [6.45, 7) is 3.83. The van der Waals surface area contributed by atoms with Gasteiger partial charge in [-0.3, -0.25) is 4.79 Å². The van der Waals surface area contributed by atoms with Gasteiger partial charge in [-0.2, -0.15) is 4.31 Å². The van der Waals surface area contributed by atoms with Crippen LogP contribution in [0, 0.1) is 6.92 Å². The van der Waals surface area contributed by atoms with Crippen molar-refractivity contribution in [3.8, 4) is 0 Å². The van der Waals surface area contributed by atoms with Crippen LogP contribution in [0.5, 0.6) is 0 Å². The molecule has 25 heavy (non-hydrogen) atoms. The van der Waals surface area contributed by atoms with Gasteiger partial charge in [-0.05, 0) is 32.3 Å². The Morgan fingerprint density at radius 3 is 2.76 bits per heavy atom. The van der Waals surface area contributed by atoms with E-state index in [0.717, 1.165) is 6.42 Å². The Labute approximate surface area is 147 Å². The van der Waals surface area contributed by atoms with E-state index in [2.05, 4.69) is 5.32 Å². The van der Waals surface area contributed by atoms with Crippen LogP contribution in [0.2, 0.25) is 0 Å². The van der Waals surface area contributed by atoms with Crippen molar-refractivity contribution in [3.63, 3.8) is 0 Å². The summed E-state index contributed by atoms with van der Waals surface area (Å²) in [6.07, 6.45) is 2.46. The molecule has 140 valence electrons. The Bertz CT molecular complexity index is 740. The van der Waals surface area contributed by atoms with Crippen molar-refractivity contribution in [2.75, 3.05) is 12.3 Å². The van der Waals surface area contributed by atoms with E-state index in [0.29, 0.717) is 31.6 Å². The normalized spacial score (nSPS) is 18.4. The first kappa shape index (κ1) is 19.5. The first-order valence-corrected chi connectivity index (χ1v) is 9.97. The van der Waals surface area contributed by atoms with E-state index in [1.807, 2.05) is 6.92 Å². The van der Waals surface area contributed by atoms with Gasteiger partial charge >= 0.3 is 5.97 Å². The third-order valence-corrected chi connectivity index (χ3v) is 6.21. The third kappa shape index (κ3) is 4.60. The second-order valence-electron chi connectivity index (χ2n) is 6.14. The van der Waals surface area contributed by atoms with Gasteiger partial charge in [-0.25, -0.2) is 13.2 Å². The molecule has 1 fully saturated rings. The van der Waals surface area contributed by atoms with E-state index in [1.165, 1.54) is 17.3 Å². The number of carboxylic acid groups (broad SMARTS) is 1. The lowest BCUT2D eigenvalue weighted by Crippen LogP contribution is -2.46. The Kier molecular flexibility index (Phi) is 6.23. The number of aryl methyl sites for hydroxylation is 1. The second-order valence-corrected chi connectivity index (χ2v) is 8.18. The highest BCUT2D eigenvalue weighted by Crippen LogP contribution is 2.22. The first-order valence-electron chi connectivity index (χ1n) is 8.36. The number of nitrogens with zero attached hydrogens (tertiary/aromatic N) is 1. The van der Waals surface area contributed by atoms with Gasteiger partial charge in [0.15, 0.2) is 0 Å². The molecule has 0 aromatic carbocycles. The molecule has 2 rings (SSSR count). The predicted molar refractivity (Wildman–Crippen MR) is 90.7 cm³/mol. The van der Waals surface area contributed by atoms with Crippen molar-refractivity contribution in [2.45, 2.75) is 52.1 Å². The van der Waals surface area contributed by atoms with Crippen LogP contribution in [0.1, 0.15) is 54.5 Å². The fourth-order valence-electron chi connectivity index (χ4n) is 2.91. The van der Waals surface area contributed by atoms with Gasteiger partial charge in [0.1, 0.15) is 23.1 Å². The summed E-state index contributed by atoms with van der Waals surface area (Å²) in [4.78, 5) is 23.4. The predicted octanol–water partition coefficient (Wildman–Crippen LogP) is 1.50. The largest absolute Gasteiger partial charge is 0.478 e. The molecular weight excluding hydrogens is 348 g/mol. The van der Waals surface area contributed by atoms with E-state index in [9.17, 15) is 18.0 Å². The molecule has 0 spiro atoms. The number of amides is 1. The van der Waals surface area contributed by atoms with Crippen LogP contribution in [0.25, 0.3) is 0 Å². The lowest BCUT2D eigenvalue weighted by Gasteiger charge is -2.23. The summed E-state index contributed by atoms with van der Waals surface area (Å²) in [5.74, 6) is -0.846. The number of carbonyl (C=O) groups is 2. The SMILES string of the molecule is CCCCS(=O)(=O)N1CCCC1C(=O)NCc1cc(C(=O)O)c(C)o1. The molecule has 1 unspecified atom stereocenters. The van der Waals surface area contributed by atoms with Crippen LogP contribution >= 0.6 is 0 Å². The molecule has 1 saturated heterocycles. The van der Waals surface area contributed by atoms with Gasteiger partial charge in [0.25, 0.3) is 0 Å². The number of nitrogens with one attached hydrogen (secondary N) is 1. The van der Waals surface area contributed by atoms with Crippen molar-refractivity contribution < 1.29 is 27.5 Å². The zero-order valence-corrected chi connectivity index (χ0v) is 15.3. The average molecular weight is 372 g/mol. The summed E-state index contributed by atoms with van der Waals surface area (Å²) in [7, 11) is -3.44. The quantitative estimate of drug-likeness (QED) is 0.714. The van der Waals surface area contributed by atoms with Crippen molar-refractivity contribution in [2.24, 2.45) is 0 Å². The van der Waals surface area contributed by atoms with Crippen LogP contribution in [0.3, 0.4) is 0 Å². The van der Waals surface area contributed by atoms with Gasteiger partial charge in [-0.15, -0.1) is 0 Å². The van der Waals surface area contributed by atoms with Gasteiger partial charge in [-0.1, -0.05) is 13.3 Å². The van der Waals surface area contributed by atoms with Crippen molar-refractivity contribution in [1.29, 1.82) is 0 Å². The molecule has 0 radical (unpaired) electrons. The van der Waals surface area contributed by atoms with Crippen LogP contribution < -0.4 is 5.32 Å². The van der Waals surface area contributed by atoms with Crippen molar-refractivity contribution >= 4 is 21.9 Å². The first-order chi connectivity index (χ1) is 11.8. The number of carbonyl (C=O) groups excluding carboxylic acids is 1. The summed E-state index contributed by atoms with van der Waals surface area (Å²) in [5, 5.41) is 11.7. The van der Waals surface area contributed by atoms with Gasteiger partial charge in [0.2, 0.25) is 15.9 Å². The topological polar surface area (TPSA) is 117 Å². The van der Waals surface area contributed by atoms with Gasteiger partial charge in [0, 0.05) is 6.54 Å².